The molecule has 0 aromatic carbocycles. The molecule has 0 saturated carbocycles. The summed E-state index contributed by atoms with van der Waals surface area (Å²) >= 11 is 0. The third-order valence-corrected chi connectivity index (χ3v) is 4.42. The van der Waals surface area contributed by atoms with Gasteiger partial charge in [-0.2, -0.15) is 0 Å². The fourth-order valence-corrected chi connectivity index (χ4v) is 2.43. The van der Waals surface area contributed by atoms with E-state index in [-0.39, 0.29) is 18.9 Å². The maximum absolute atomic E-state index is 11.3. The maximum atomic E-state index is 11.3. The van der Waals surface area contributed by atoms with Gasteiger partial charge in [0.2, 0.25) is 15.9 Å². The third-order valence-electron chi connectivity index (χ3n) is 3.02. The molecule has 2 rings (SSSR count). The van der Waals surface area contributed by atoms with E-state index in [1.54, 1.807) is 13.0 Å². The van der Waals surface area contributed by atoms with Crippen molar-refractivity contribution in [2.75, 3.05) is 50.1 Å². The smallest absolute Gasteiger partial charge is 0.218 e. The van der Waals surface area contributed by atoms with E-state index >= 15 is 0 Å². The van der Waals surface area contributed by atoms with Gasteiger partial charge in [-0.25, -0.2) is 23.1 Å². The van der Waals surface area contributed by atoms with Gasteiger partial charge in [-0.3, -0.25) is 0 Å². The lowest BCUT2D eigenvalue weighted by atomic mass is 10.4. The topological polar surface area (TPSA) is 93.7 Å². The van der Waals surface area contributed by atoms with E-state index in [1.165, 1.54) is 6.33 Å². The second kappa shape index (κ2) is 7.53. The molecule has 1 fully saturated rings. The minimum Gasteiger partial charge on any atom is -0.476 e. The van der Waals surface area contributed by atoms with Gasteiger partial charge in [-0.05, 0) is 6.92 Å². The van der Waals surface area contributed by atoms with E-state index in [0.717, 1.165) is 18.9 Å². The molecule has 9 heteroatoms. The third kappa shape index (κ3) is 5.10. The zero-order chi connectivity index (χ0) is 15.1. The Balaban J connectivity index is 1.83. The minimum absolute atomic E-state index is 0.0572. The largest absolute Gasteiger partial charge is 0.476 e. The monoisotopic (exact) mass is 316 g/mol. The highest BCUT2D eigenvalue weighted by Crippen LogP contribution is 2.16. The Hall–Kier alpha value is -1.45. The number of nitrogens with one attached hydrogen (secondary N) is 1. The number of ether oxygens (including phenoxy) is 2. The highest BCUT2D eigenvalue weighted by Gasteiger charge is 2.13. The van der Waals surface area contributed by atoms with E-state index in [2.05, 4.69) is 19.6 Å². The first-order valence-corrected chi connectivity index (χ1v) is 8.51. The summed E-state index contributed by atoms with van der Waals surface area (Å²) in [5.74, 6) is 1.28. The first kappa shape index (κ1) is 15.9. The molecule has 21 heavy (non-hydrogen) atoms. The average molecular weight is 316 g/mol. The molecule has 0 unspecified atom stereocenters. The van der Waals surface area contributed by atoms with Crippen molar-refractivity contribution in [3.63, 3.8) is 0 Å². The van der Waals surface area contributed by atoms with Gasteiger partial charge in [0.05, 0.1) is 19.0 Å². The van der Waals surface area contributed by atoms with Crippen LogP contribution in [0.5, 0.6) is 5.88 Å². The SMILES string of the molecule is CCS(=O)(=O)NCCOc1cc(N2CCOCC2)ncn1. The number of hydrogen-bond donors (Lipinski definition) is 1. The first-order valence-electron chi connectivity index (χ1n) is 6.85. The quantitative estimate of drug-likeness (QED) is 0.686. The molecule has 1 aliphatic rings. The number of morpholine rings is 1. The molecule has 2 heterocycles. The van der Waals surface area contributed by atoms with Gasteiger partial charge < -0.3 is 14.4 Å². The molecule has 1 aromatic heterocycles. The lowest BCUT2D eigenvalue weighted by Gasteiger charge is -2.27. The van der Waals surface area contributed by atoms with E-state index in [4.69, 9.17) is 9.47 Å². The Morgan fingerprint density at radius 2 is 2.14 bits per heavy atom. The molecule has 1 N–H and O–H groups in total. The summed E-state index contributed by atoms with van der Waals surface area (Å²) in [5, 5.41) is 0. The Morgan fingerprint density at radius 3 is 2.86 bits per heavy atom. The predicted octanol–water partition coefficient (Wildman–Crippen LogP) is -0.369. The van der Waals surface area contributed by atoms with Crippen molar-refractivity contribution >= 4 is 15.8 Å². The molecule has 0 radical (unpaired) electrons. The van der Waals surface area contributed by atoms with E-state index in [1.807, 2.05) is 0 Å². The highest BCUT2D eigenvalue weighted by molar-refractivity contribution is 7.89. The lowest BCUT2D eigenvalue weighted by molar-refractivity contribution is 0.122. The Morgan fingerprint density at radius 1 is 1.38 bits per heavy atom. The Labute approximate surface area is 124 Å². The van der Waals surface area contributed by atoms with Crippen molar-refractivity contribution in [3.05, 3.63) is 12.4 Å². The van der Waals surface area contributed by atoms with Crippen LogP contribution in [0, 0.1) is 0 Å². The number of nitrogens with zero attached hydrogens (tertiary/aromatic N) is 3. The minimum atomic E-state index is -3.18. The molecule has 1 aromatic rings. The van der Waals surface area contributed by atoms with Crippen molar-refractivity contribution in [1.29, 1.82) is 0 Å². The molecular formula is C12H20N4O4S. The number of sulfonamides is 1. The van der Waals surface area contributed by atoms with Crippen molar-refractivity contribution in [3.8, 4) is 5.88 Å². The molecule has 0 spiro atoms. The molecule has 1 saturated heterocycles. The fourth-order valence-electron chi connectivity index (χ4n) is 1.83. The van der Waals surface area contributed by atoms with Gasteiger partial charge >= 0.3 is 0 Å². The molecule has 0 aliphatic carbocycles. The van der Waals surface area contributed by atoms with Gasteiger partial charge in [0, 0.05) is 25.7 Å². The van der Waals surface area contributed by atoms with E-state index in [9.17, 15) is 8.42 Å². The van der Waals surface area contributed by atoms with E-state index < -0.39 is 10.0 Å². The molecule has 0 atom stereocenters. The normalized spacial score (nSPS) is 16.0. The zero-order valence-corrected chi connectivity index (χ0v) is 12.8. The highest BCUT2D eigenvalue weighted by atomic mass is 32.2. The summed E-state index contributed by atoms with van der Waals surface area (Å²) in [5.41, 5.74) is 0. The molecule has 0 amide bonds. The van der Waals surface area contributed by atoms with Crippen LogP contribution in [-0.4, -0.2) is 63.6 Å². The molecule has 0 bridgehead atoms. The van der Waals surface area contributed by atoms with Crippen LogP contribution in [0.4, 0.5) is 5.82 Å². The Kier molecular flexibility index (Phi) is 5.71. The summed E-state index contributed by atoms with van der Waals surface area (Å²) in [6, 6.07) is 1.75. The van der Waals surface area contributed by atoms with Crippen LogP contribution >= 0.6 is 0 Å². The first-order chi connectivity index (χ1) is 10.1. The Bertz CT molecular complexity index is 546. The standard InChI is InChI=1S/C12H20N4O4S/c1-2-21(17,18)15-3-6-20-12-9-11(13-10-14-12)16-4-7-19-8-5-16/h9-10,15H,2-8H2,1H3. The van der Waals surface area contributed by atoms with Crippen molar-refractivity contribution < 1.29 is 17.9 Å². The summed E-state index contributed by atoms with van der Waals surface area (Å²) in [6.45, 7) is 4.95. The number of rotatable bonds is 7. The van der Waals surface area contributed by atoms with Crippen molar-refractivity contribution in [1.82, 2.24) is 14.7 Å². The second-order valence-corrected chi connectivity index (χ2v) is 6.56. The van der Waals surface area contributed by atoms with Crippen LogP contribution in [0.3, 0.4) is 0 Å². The summed E-state index contributed by atoms with van der Waals surface area (Å²) in [7, 11) is -3.18. The van der Waals surface area contributed by atoms with Gasteiger partial charge in [-0.15, -0.1) is 0 Å². The molecule has 118 valence electrons. The van der Waals surface area contributed by atoms with Crippen LogP contribution in [0.15, 0.2) is 12.4 Å². The number of anilines is 1. The maximum Gasteiger partial charge on any atom is 0.218 e. The van der Waals surface area contributed by atoms with Gasteiger partial charge in [0.1, 0.15) is 18.8 Å². The second-order valence-electron chi connectivity index (χ2n) is 4.46. The molecular weight excluding hydrogens is 296 g/mol. The molecule has 1 aliphatic heterocycles. The van der Waals surface area contributed by atoms with E-state index in [0.29, 0.717) is 19.1 Å². The van der Waals surface area contributed by atoms with Crippen molar-refractivity contribution in [2.45, 2.75) is 6.92 Å². The molecule has 8 nitrogen and oxygen atoms in total. The summed E-state index contributed by atoms with van der Waals surface area (Å²) in [6.07, 6.45) is 1.44. The van der Waals surface area contributed by atoms with Gasteiger partial charge in [0.15, 0.2) is 0 Å². The van der Waals surface area contributed by atoms with Gasteiger partial charge in [-0.1, -0.05) is 0 Å². The van der Waals surface area contributed by atoms with Crippen LogP contribution in [0.25, 0.3) is 0 Å². The lowest BCUT2D eigenvalue weighted by Crippen LogP contribution is -2.36. The average Bonchev–Trinajstić information content (AvgIpc) is 2.53. The predicted molar refractivity (Wildman–Crippen MR) is 78.0 cm³/mol. The van der Waals surface area contributed by atoms with Crippen LogP contribution in [0.2, 0.25) is 0 Å². The van der Waals surface area contributed by atoms with Gasteiger partial charge in [0.25, 0.3) is 0 Å². The number of aromatic nitrogens is 2. The number of hydrogen-bond acceptors (Lipinski definition) is 7. The summed E-state index contributed by atoms with van der Waals surface area (Å²) in [4.78, 5) is 10.3. The van der Waals surface area contributed by atoms with Crippen LogP contribution < -0.4 is 14.4 Å². The summed E-state index contributed by atoms with van der Waals surface area (Å²) < 4.78 is 35.7. The van der Waals surface area contributed by atoms with Crippen molar-refractivity contribution in [2.24, 2.45) is 0 Å². The zero-order valence-electron chi connectivity index (χ0n) is 12.0. The van der Waals surface area contributed by atoms with Crippen LogP contribution in [0.1, 0.15) is 6.92 Å². The van der Waals surface area contributed by atoms with Crippen LogP contribution in [-0.2, 0) is 14.8 Å². The fraction of sp³-hybridized carbons (Fsp3) is 0.667.